The Morgan fingerprint density at radius 1 is 0.286 bits per heavy atom. The van der Waals surface area contributed by atoms with Crippen LogP contribution in [0.2, 0.25) is 0 Å². The van der Waals surface area contributed by atoms with Gasteiger partial charge in [0.2, 0.25) is 0 Å². The largest absolute Gasteiger partial charge is 0.330 e. The molecular formula is C59H121ClN3+. The van der Waals surface area contributed by atoms with E-state index in [9.17, 15) is 0 Å². The molecule has 0 spiro atoms. The molecule has 3 nitrogen and oxygen atoms in total. The van der Waals surface area contributed by atoms with E-state index in [4.69, 9.17) is 5.73 Å². The van der Waals surface area contributed by atoms with Gasteiger partial charge in [-0.1, -0.05) is 290 Å². The van der Waals surface area contributed by atoms with Gasteiger partial charge in [-0.25, -0.2) is 0 Å². The van der Waals surface area contributed by atoms with Crippen LogP contribution in [0.25, 0.3) is 0 Å². The second kappa shape index (κ2) is 61.4. The van der Waals surface area contributed by atoms with Gasteiger partial charge in [0, 0.05) is 12.4 Å². The quantitative estimate of drug-likeness (QED) is 0.0523. The second-order valence-corrected chi connectivity index (χ2v) is 20.4. The summed E-state index contributed by atoms with van der Waals surface area (Å²) in [5.74, 6) is 0. The number of nitrogens with two attached hydrogens (primary N) is 1. The SMILES string of the molecule is CCCCCCCCCCCCCCCCCC[N+](C)(C)CCCCCCCCCCCCCCCCCC.CCCCCCCCCCCCCCCCN.Cl.c1ccncc1. The Bertz CT molecular complexity index is 785. The summed E-state index contributed by atoms with van der Waals surface area (Å²) >= 11 is 0. The number of quaternary nitrogens is 1. The Kier molecular flexibility index (Phi) is 64.9. The number of unbranched alkanes of at least 4 members (excludes halogenated alkanes) is 43. The zero-order valence-electron chi connectivity index (χ0n) is 44.4. The molecule has 0 atom stereocenters. The van der Waals surface area contributed by atoms with Crippen LogP contribution in [0.5, 0.6) is 0 Å². The standard InChI is InChI=1S/C38H80N.C16H35N.C5H5N.ClH/c1-5-7-9-11-13-15-17-19-21-23-25-27-29-31-33-35-37-39(3,4)38-36-34-32-30-28-26-24-22-20-18-16-14-12-10-8-6-2;1-2-3-4-5-6-7-8-9-10-11-12-13-14-15-16-17;1-2-4-6-5-3-1;/h5-38H2,1-4H3;2-17H2,1H3;1-5H;1H/q+1;;;. The van der Waals surface area contributed by atoms with Gasteiger partial charge in [-0.3, -0.25) is 4.98 Å². The van der Waals surface area contributed by atoms with E-state index in [1.165, 1.54) is 313 Å². The number of pyridine rings is 1. The molecule has 0 saturated carbocycles. The first-order valence-electron chi connectivity index (χ1n) is 28.9. The molecule has 378 valence electrons. The number of aromatic nitrogens is 1. The number of hydrogen-bond donors (Lipinski definition) is 1. The highest BCUT2D eigenvalue weighted by atomic mass is 35.5. The lowest BCUT2D eigenvalue weighted by atomic mass is 10.0. The van der Waals surface area contributed by atoms with E-state index >= 15 is 0 Å². The second-order valence-electron chi connectivity index (χ2n) is 20.4. The average Bonchev–Trinajstić information content (AvgIpc) is 3.28. The maximum absolute atomic E-state index is 5.47. The van der Waals surface area contributed by atoms with Crippen LogP contribution in [0.3, 0.4) is 0 Å². The van der Waals surface area contributed by atoms with Gasteiger partial charge in [-0.2, -0.15) is 0 Å². The first-order valence-corrected chi connectivity index (χ1v) is 28.9. The van der Waals surface area contributed by atoms with Gasteiger partial charge in [-0.05, 0) is 50.8 Å². The van der Waals surface area contributed by atoms with Crippen molar-refractivity contribution in [3.05, 3.63) is 30.6 Å². The van der Waals surface area contributed by atoms with E-state index in [-0.39, 0.29) is 12.4 Å². The van der Waals surface area contributed by atoms with E-state index in [0.717, 1.165) is 6.54 Å². The van der Waals surface area contributed by atoms with Crippen molar-refractivity contribution in [3.8, 4) is 0 Å². The van der Waals surface area contributed by atoms with E-state index < -0.39 is 0 Å². The van der Waals surface area contributed by atoms with Crippen LogP contribution in [0.4, 0.5) is 0 Å². The predicted octanol–water partition coefficient (Wildman–Crippen LogP) is 20.5. The third-order valence-corrected chi connectivity index (χ3v) is 13.4. The third-order valence-electron chi connectivity index (χ3n) is 13.4. The Hall–Kier alpha value is -0.640. The first kappa shape index (κ1) is 66.6. The molecule has 0 fully saturated rings. The van der Waals surface area contributed by atoms with Crippen LogP contribution in [0, 0.1) is 0 Å². The van der Waals surface area contributed by atoms with Crippen molar-refractivity contribution < 1.29 is 4.48 Å². The lowest BCUT2D eigenvalue weighted by Crippen LogP contribution is -2.41. The molecule has 0 aliphatic carbocycles. The first-order chi connectivity index (χ1) is 30.5. The molecule has 4 heteroatoms. The molecule has 63 heavy (non-hydrogen) atoms. The molecule has 0 amide bonds. The fraction of sp³-hybridized carbons (Fsp3) is 0.915. The van der Waals surface area contributed by atoms with Gasteiger partial charge in [-0.15, -0.1) is 12.4 Å². The highest BCUT2D eigenvalue weighted by molar-refractivity contribution is 5.85. The normalized spacial score (nSPS) is 11.1. The van der Waals surface area contributed by atoms with Gasteiger partial charge in [0.25, 0.3) is 0 Å². The topological polar surface area (TPSA) is 38.9 Å². The van der Waals surface area contributed by atoms with Crippen LogP contribution < -0.4 is 5.73 Å². The van der Waals surface area contributed by atoms with E-state index in [1.54, 1.807) is 12.4 Å². The molecule has 1 aromatic heterocycles. The van der Waals surface area contributed by atoms with E-state index in [0.29, 0.717) is 0 Å². The van der Waals surface area contributed by atoms with Gasteiger partial charge in [0.15, 0.2) is 0 Å². The Morgan fingerprint density at radius 2 is 0.476 bits per heavy atom. The fourth-order valence-corrected chi connectivity index (χ4v) is 8.94. The number of nitrogens with zero attached hydrogens (tertiary/aromatic N) is 2. The molecule has 0 aliphatic heterocycles. The van der Waals surface area contributed by atoms with Crippen LogP contribution in [0.1, 0.15) is 316 Å². The van der Waals surface area contributed by atoms with Crippen LogP contribution in [0.15, 0.2) is 30.6 Å². The summed E-state index contributed by atoms with van der Waals surface area (Å²) in [6.45, 7) is 10.5. The maximum atomic E-state index is 5.47. The summed E-state index contributed by atoms with van der Waals surface area (Å²) in [5.41, 5.74) is 5.47. The molecule has 0 bridgehead atoms. The minimum absolute atomic E-state index is 0. The Balaban J connectivity index is -0.00000122. The number of halogens is 1. The number of hydrogen-bond acceptors (Lipinski definition) is 2. The Morgan fingerprint density at radius 3 is 0.635 bits per heavy atom. The summed E-state index contributed by atoms with van der Waals surface area (Å²) in [5, 5.41) is 0. The van der Waals surface area contributed by atoms with E-state index in [2.05, 4.69) is 39.9 Å². The van der Waals surface area contributed by atoms with Crippen LogP contribution in [-0.2, 0) is 0 Å². The molecule has 0 radical (unpaired) electrons. The van der Waals surface area contributed by atoms with Crippen molar-refractivity contribution in [1.29, 1.82) is 0 Å². The molecule has 0 saturated heterocycles. The Labute approximate surface area is 406 Å². The third kappa shape index (κ3) is 65.7. The van der Waals surface area contributed by atoms with Gasteiger partial charge in [0.05, 0.1) is 27.2 Å². The molecule has 0 unspecified atom stereocenters. The lowest BCUT2D eigenvalue weighted by molar-refractivity contribution is -0.890. The summed E-state index contributed by atoms with van der Waals surface area (Å²) in [7, 11) is 4.94. The maximum Gasteiger partial charge on any atom is 0.0782 e. The average molecular weight is 908 g/mol. The zero-order valence-corrected chi connectivity index (χ0v) is 45.2. The van der Waals surface area contributed by atoms with Gasteiger partial charge < -0.3 is 10.2 Å². The fourth-order valence-electron chi connectivity index (χ4n) is 8.94. The van der Waals surface area contributed by atoms with Crippen molar-refractivity contribution in [2.45, 2.75) is 316 Å². The van der Waals surface area contributed by atoms with Crippen LogP contribution in [-0.4, -0.2) is 43.2 Å². The summed E-state index contributed by atoms with van der Waals surface area (Å²) in [6, 6.07) is 5.72. The van der Waals surface area contributed by atoms with E-state index in [1.807, 2.05) is 18.2 Å². The summed E-state index contributed by atoms with van der Waals surface area (Å²) < 4.78 is 1.25. The van der Waals surface area contributed by atoms with Gasteiger partial charge in [0.1, 0.15) is 0 Å². The minimum atomic E-state index is 0. The monoisotopic (exact) mass is 907 g/mol. The van der Waals surface area contributed by atoms with Crippen molar-refractivity contribution in [2.24, 2.45) is 5.73 Å². The van der Waals surface area contributed by atoms with Crippen molar-refractivity contribution in [3.63, 3.8) is 0 Å². The van der Waals surface area contributed by atoms with Gasteiger partial charge >= 0.3 is 0 Å². The molecule has 2 N–H and O–H groups in total. The smallest absolute Gasteiger partial charge is 0.0782 e. The highest BCUT2D eigenvalue weighted by Gasteiger charge is 2.13. The molecule has 1 rings (SSSR count). The van der Waals surface area contributed by atoms with Crippen molar-refractivity contribution >= 4 is 12.4 Å². The molecule has 1 heterocycles. The predicted molar refractivity (Wildman–Crippen MR) is 292 cm³/mol. The zero-order chi connectivity index (χ0) is 45.4. The summed E-state index contributed by atoms with van der Waals surface area (Å²) in [6.07, 6.45) is 70.3. The van der Waals surface area contributed by atoms with Crippen molar-refractivity contribution in [1.82, 2.24) is 4.98 Å². The van der Waals surface area contributed by atoms with Crippen LogP contribution >= 0.6 is 12.4 Å². The van der Waals surface area contributed by atoms with Crippen molar-refractivity contribution in [2.75, 3.05) is 33.7 Å². The molecular weight excluding hydrogens is 786 g/mol. The molecule has 0 aromatic carbocycles. The summed E-state index contributed by atoms with van der Waals surface area (Å²) in [4.78, 5) is 3.78. The molecule has 0 aliphatic rings. The highest BCUT2D eigenvalue weighted by Crippen LogP contribution is 2.17. The number of rotatable bonds is 48. The lowest BCUT2D eigenvalue weighted by Gasteiger charge is -2.30. The minimum Gasteiger partial charge on any atom is -0.330 e. The molecule has 1 aromatic rings.